The lowest BCUT2D eigenvalue weighted by atomic mass is 10.0. The Kier molecular flexibility index (Phi) is 4.45. The minimum absolute atomic E-state index is 0.0180. The van der Waals surface area contributed by atoms with Crippen molar-refractivity contribution < 1.29 is 18.0 Å². The van der Waals surface area contributed by atoms with Crippen LogP contribution < -0.4 is 0 Å². The van der Waals surface area contributed by atoms with Crippen molar-refractivity contribution in [2.45, 2.75) is 25.4 Å². The lowest BCUT2D eigenvalue weighted by Gasteiger charge is -2.08. The highest BCUT2D eigenvalue weighted by Crippen LogP contribution is 2.29. The molecule has 0 N–H and O–H groups in total. The van der Waals surface area contributed by atoms with Gasteiger partial charge in [0.25, 0.3) is 0 Å². The second kappa shape index (κ2) is 6.11. The van der Waals surface area contributed by atoms with Crippen molar-refractivity contribution in [1.29, 1.82) is 0 Å². The van der Waals surface area contributed by atoms with E-state index in [2.05, 4.69) is 5.10 Å². The third-order valence-electron chi connectivity index (χ3n) is 3.11. The first-order valence-corrected chi connectivity index (χ1v) is 6.50. The topological polar surface area (TPSA) is 34.9 Å². The van der Waals surface area contributed by atoms with Gasteiger partial charge in [-0.1, -0.05) is 18.2 Å². The molecule has 2 aromatic rings. The molecule has 0 aliphatic heterocycles. The summed E-state index contributed by atoms with van der Waals surface area (Å²) in [6.45, 7) is 0. The molecule has 0 saturated carbocycles. The van der Waals surface area contributed by atoms with Crippen LogP contribution in [-0.2, 0) is 30.9 Å². The number of hydrogen-bond donors (Lipinski definition) is 0. The van der Waals surface area contributed by atoms with Crippen LogP contribution in [0.2, 0.25) is 0 Å². The average Bonchev–Trinajstić information content (AvgIpc) is 2.82. The van der Waals surface area contributed by atoms with Crippen LogP contribution >= 0.6 is 0 Å². The Hall–Kier alpha value is -2.11. The fourth-order valence-electron chi connectivity index (χ4n) is 2.06. The molecule has 0 radical (unpaired) electrons. The highest BCUT2D eigenvalue weighted by molar-refractivity contribution is 5.81. The zero-order chi connectivity index (χ0) is 15.5. The van der Waals surface area contributed by atoms with Crippen molar-refractivity contribution >= 4 is 5.78 Å². The monoisotopic (exact) mass is 296 g/mol. The summed E-state index contributed by atoms with van der Waals surface area (Å²) in [6.07, 6.45) is -0.0262. The molecule has 0 amide bonds. The zero-order valence-electron chi connectivity index (χ0n) is 11.5. The standard InChI is InChI=1S/C15H15F3N2O/c1-20-10-12(9-19-20)5-6-14(21)8-11-3-2-4-13(7-11)15(16,17)18/h2-4,7,9-10H,5-6,8H2,1H3. The van der Waals surface area contributed by atoms with Crippen molar-refractivity contribution in [1.82, 2.24) is 9.78 Å². The number of aryl methyl sites for hydroxylation is 2. The number of hydrogen-bond acceptors (Lipinski definition) is 2. The van der Waals surface area contributed by atoms with Crippen LogP contribution in [0.5, 0.6) is 0 Å². The molecule has 21 heavy (non-hydrogen) atoms. The van der Waals surface area contributed by atoms with Gasteiger partial charge in [-0.3, -0.25) is 9.48 Å². The van der Waals surface area contributed by atoms with Crippen molar-refractivity contribution in [3.8, 4) is 0 Å². The van der Waals surface area contributed by atoms with Crippen molar-refractivity contribution in [2.75, 3.05) is 0 Å². The molecule has 6 heteroatoms. The summed E-state index contributed by atoms with van der Waals surface area (Å²) in [6, 6.07) is 4.90. The second-order valence-corrected chi connectivity index (χ2v) is 4.94. The summed E-state index contributed by atoms with van der Waals surface area (Å²) >= 11 is 0. The Morgan fingerprint density at radius 2 is 2.05 bits per heavy atom. The molecule has 0 atom stereocenters. The first-order valence-electron chi connectivity index (χ1n) is 6.50. The number of Topliss-reactive ketones (excluding diaryl/α,β-unsaturated/α-hetero) is 1. The lowest BCUT2D eigenvalue weighted by molar-refractivity contribution is -0.137. The summed E-state index contributed by atoms with van der Waals surface area (Å²) in [7, 11) is 1.79. The smallest absolute Gasteiger partial charge is 0.299 e. The maximum Gasteiger partial charge on any atom is 0.416 e. The lowest BCUT2D eigenvalue weighted by Crippen LogP contribution is -2.08. The van der Waals surface area contributed by atoms with Gasteiger partial charge in [0.05, 0.1) is 11.8 Å². The van der Waals surface area contributed by atoms with Crippen molar-refractivity contribution in [3.63, 3.8) is 0 Å². The van der Waals surface area contributed by atoms with Gasteiger partial charge in [0, 0.05) is 26.1 Å². The molecule has 3 nitrogen and oxygen atoms in total. The molecule has 112 valence electrons. The second-order valence-electron chi connectivity index (χ2n) is 4.94. The predicted molar refractivity (Wildman–Crippen MR) is 71.7 cm³/mol. The van der Waals surface area contributed by atoms with Gasteiger partial charge >= 0.3 is 6.18 Å². The zero-order valence-corrected chi connectivity index (χ0v) is 11.5. The van der Waals surface area contributed by atoms with Crippen molar-refractivity contribution in [2.24, 2.45) is 7.05 Å². The van der Waals surface area contributed by atoms with Crippen LogP contribution in [0.25, 0.3) is 0 Å². The van der Waals surface area contributed by atoms with Crippen LogP contribution in [0.3, 0.4) is 0 Å². The number of ketones is 1. The normalized spacial score (nSPS) is 11.6. The van der Waals surface area contributed by atoms with Crippen LogP contribution in [0.4, 0.5) is 13.2 Å². The Bertz CT molecular complexity index is 632. The summed E-state index contributed by atoms with van der Waals surface area (Å²) in [4.78, 5) is 11.8. The fourth-order valence-corrected chi connectivity index (χ4v) is 2.06. The van der Waals surface area contributed by atoms with Gasteiger partial charge in [0.1, 0.15) is 5.78 Å². The van der Waals surface area contributed by atoms with Gasteiger partial charge in [-0.25, -0.2) is 0 Å². The first-order chi connectivity index (χ1) is 9.84. The van der Waals surface area contributed by atoms with Crippen LogP contribution in [-0.4, -0.2) is 15.6 Å². The summed E-state index contributed by atoms with van der Waals surface area (Å²) in [5.41, 5.74) is 0.607. The third-order valence-corrected chi connectivity index (χ3v) is 3.11. The maximum absolute atomic E-state index is 12.6. The first kappa shape index (κ1) is 15.3. The van der Waals surface area contributed by atoms with Gasteiger partial charge in [-0.05, 0) is 23.6 Å². The van der Waals surface area contributed by atoms with E-state index in [9.17, 15) is 18.0 Å². The quantitative estimate of drug-likeness (QED) is 0.849. The minimum Gasteiger partial charge on any atom is -0.299 e. The molecular weight excluding hydrogens is 281 g/mol. The van der Waals surface area contributed by atoms with Crippen LogP contribution in [0.1, 0.15) is 23.1 Å². The largest absolute Gasteiger partial charge is 0.416 e. The Morgan fingerprint density at radius 3 is 2.67 bits per heavy atom. The Labute approximate surface area is 120 Å². The van der Waals surface area contributed by atoms with E-state index >= 15 is 0 Å². The van der Waals surface area contributed by atoms with E-state index in [1.807, 2.05) is 6.20 Å². The number of benzene rings is 1. The molecule has 0 spiro atoms. The number of rotatable bonds is 5. The third kappa shape index (κ3) is 4.44. The van der Waals surface area contributed by atoms with E-state index in [-0.39, 0.29) is 12.2 Å². The van der Waals surface area contributed by atoms with E-state index in [0.717, 1.165) is 17.7 Å². The number of alkyl halides is 3. The number of carbonyl (C=O) groups excluding carboxylic acids is 1. The fraction of sp³-hybridized carbons (Fsp3) is 0.333. The van der Waals surface area contributed by atoms with E-state index in [1.54, 1.807) is 17.9 Å². The molecule has 1 aromatic carbocycles. The molecule has 2 rings (SSSR count). The number of nitrogens with zero attached hydrogens (tertiary/aromatic N) is 2. The van der Waals surface area contributed by atoms with Gasteiger partial charge in [-0.15, -0.1) is 0 Å². The minimum atomic E-state index is -4.38. The van der Waals surface area contributed by atoms with Crippen LogP contribution in [0.15, 0.2) is 36.7 Å². The molecule has 0 unspecified atom stereocenters. The molecule has 1 heterocycles. The highest BCUT2D eigenvalue weighted by Gasteiger charge is 2.30. The molecule has 0 bridgehead atoms. The Balaban J connectivity index is 1.93. The van der Waals surface area contributed by atoms with Gasteiger partial charge in [0.15, 0.2) is 0 Å². The van der Waals surface area contributed by atoms with E-state index in [4.69, 9.17) is 0 Å². The molecule has 0 aliphatic rings. The van der Waals surface area contributed by atoms with Crippen LogP contribution in [0, 0.1) is 0 Å². The molecule has 0 aliphatic carbocycles. The van der Waals surface area contributed by atoms with E-state index in [0.29, 0.717) is 18.4 Å². The summed E-state index contributed by atoms with van der Waals surface area (Å²) < 4.78 is 39.4. The van der Waals surface area contributed by atoms with E-state index < -0.39 is 11.7 Å². The predicted octanol–water partition coefficient (Wildman–Crippen LogP) is 3.18. The SMILES string of the molecule is Cn1cc(CCC(=O)Cc2cccc(C(F)(F)F)c2)cn1. The molecule has 0 fully saturated rings. The van der Waals surface area contributed by atoms with Gasteiger partial charge in [0.2, 0.25) is 0 Å². The number of halogens is 3. The molecule has 0 saturated heterocycles. The number of carbonyl (C=O) groups is 1. The average molecular weight is 296 g/mol. The van der Waals surface area contributed by atoms with Crippen molar-refractivity contribution in [3.05, 3.63) is 53.3 Å². The molecular formula is C15H15F3N2O. The summed E-state index contributed by atoms with van der Waals surface area (Å²) in [5.74, 6) is -0.0850. The molecule has 1 aromatic heterocycles. The van der Waals surface area contributed by atoms with Gasteiger partial charge < -0.3 is 0 Å². The maximum atomic E-state index is 12.6. The Morgan fingerprint density at radius 1 is 1.29 bits per heavy atom. The van der Waals surface area contributed by atoms with E-state index in [1.165, 1.54) is 12.1 Å². The number of aromatic nitrogens is 2. The van der Waals surface area contributed by atoms with Gasteiger partial charge in [-0.2, -0.15) is 18.3 Å². The highest BCUT2D eigenvalue weighted by atomic mass is 19.4. The summed E-state index contributed by atoms with van der Waals surface area (Å²) in [5, 5.41) is 4.00.